The quantitative estimate of drug-likeness (QED) is 0.714. The molecule has 0 fully saturated rings. The fourth-order valence-electron chi connectivity index (χ4n) is 0.968. The maximum atomic E-state index is 8.78. The van der Waals surface area contributed by atoms with E-state index in [0.29, 0.717) is 11.4 Å². The first-order valence-corrected chi connectivity index (χ1v) is 4.20. The van der Waals surface area contributed by atoms with Crippen LogP contribution < -0.4 is 5.32 Å². The molecule has 0 amide bonds. The molecule has 0 saturated heterocycles. The summed E-state index contributed by atoms with van der Waals surface area (Å²) in [5, 5.41) is 11.9. The second-order valence-electron chi connectivity index (χ2n) is 3.41. The summed E-state index contributed by atoms with van der Waals surface area (Å²) in [5.41, 5.74) is 0.544. The first-order valence-electron chi connectivity index (χ1n) is 4.20. The molecule has 0 aliphatic carbocycles. The molecule has 0 bridgehead atoms. The molecule has 1 N–H and O–H groups in total. The molecular formula is C11H11N3. The molecule has 3 nitrogen and oxygen atoms in total. The molecule has 0 aromatic carbocycles. The minimum atomic E-state index is -0.478. The highest BCUT2D eigenvalue weighted by atomic mass is 15.0. The van der Waals surface area contributed by atoms with Gasteiger partial charge in [0, 0.05) is 6.20 Å². The maximum absolute atomic E-state index is 8.78. The molecule has 0 spiro atoms. The van der Waals surface area contributed by atoms with Gasteiger partial charge in [0.1, 0.15) is 6.07 Å². The number of terminal acetylenes is 1. The average Bonchev–Trinajstić information content (AvgIpc) is 2.18. The van der Waals surface area contributed by atoms with Crippen LogP contribution in [0.15, 0.2) is 18.3 Å². The average molecular weight is 185 g/mol. The zero-order chi connectivity index (χ0) is 10.6. The van der Waals surface area contributed by atoms with E-state index in [0.717, 1.165) is 0 Å². The van der Waals surface area contributed by atoms with Crippen LogP contribution in [0.3, 0.4) is 0 Å². The van der Waals surface area contributed by atoms with Crippen LogP contribution in [-0.2, 0) is 0 Å². The van der Waals surface area contributed by atoms with Gasteiger partial charge in [0.25, 0.3) is 0 Å². The molecule has 1 heterocycles. The van der Waals surface area contributed by atoms with E-state index in [1.807, 2.05) is 19.9 Å². The van der Waals surface area contributed by atoms with Crippen molar-refractivity contribution in [1.29, 1.82) is 5.26 Å². The van der Waals surface area contributed by atoms with Crippen molar-refractivity contribution in [3.05, 3.63) is 24.0 Å². The molecule has 70 valence electrons. The molecule has 0 saturated carbocycles. The van der Waals surface area contributed by atoms with Crippen molar-refractivity contribution in [2.45, 2.75) is 19.4 Å². The van der Waals surface area contributed by atoms with Crippen molar-refractivity contribution >= 4 is 5.69 Å². The van der Waals surface area contributed by atoms with Crippen molar-refractivity contribution in [1.82, 2.24) is 4.98 Å². The van der Waals surface area contributed by atoms with Crippen LogP contribution in [0.2, 0.25) is 0 Å². The molecule has 0 unspecified atom stereocenters. The Morgan fingerprint density at radius 3 is 2.86 bits per heavy atom. The highest BCUT2D eigenvalue weighted by Crippen LogP contribution is 2.16. The normalized spacial score (nSPS) is 10.0. The van der Waals surface area contributed by atoms with Gasteiger partial charge in [-0.3, -0.25) is 0 Å². The van der Waals surface area contributed by atoms with Crippen molar-refractivity contribution in [2.24, 2.45) is 0 Å². The molecule has 14 heavy (non-hydrogen) atoms. The Morgan fingerprint density at radius 1 is 1.57 bits per heavy atom. The summed E-state index contributed by atoms with van der Waals surface area (Å²) in [6.07, 6.45) is 6.91. The molecule has 0 aliphatic rings. The zero-order valence-corrected chi connectivity index (χ0v) is 8.20. The molecule has 0 radical (unpaired) electrons. The van der Waals surface area contributed by atoms with Gasteiger partial charge < -0.3 is 5.32 Å². The van der Waals surface area contributed by atoms with Crippen molar-refractivity contribution in [2.75, 3.05) is 5.32 Å². The Bertz CT molecular complexity index is 407. The molecule has 1 aromatic rings. The fraction of sp³-hybridized carbons (Fsp3) is 0.273. The van der Waals surface area contributed by atoms with Crippen LogP contribution in [0.5, 0.6) is 0 Å². The molecule has 0 aliphatic heterocycles. The second-order valence-corrected chi connectivity index (χ2v) is 3.41. The minimum absolute atomic E-state index is 0.357. The summed E-state index contributed by atoms with van der Waals surface area (Å²) in [4.78, 5) is 3.92. The molecule has 1 rings (SSSR count). The summed E-state index contributed by atoms with van der Waals surface area (Å²) in [6, 6.07) is 5.54. The number of anilines is 1. The monoisotopic (exact) mass is 185 g/mol. The van der Waals surface area contributed by atoms with Gasteiger partial charge in [0.15, 0.2) is 5.69 Å². The van der Waals surface area contributed by atoms with E-state index in [1.54, 1.807) is 18.3 Å². The van der Waals surface area contributed by atoms with Gasteiger partial charge in [0.05, 0.1) is 11.2 Å². The SMILES string of the molecule is C#CC(C)(C)Nc1cccnc1C#N. The van der Waals surface area contributed by atoms with E-state index in [2.05, 4.69) is 16.2 Å². The number of nitrogens with zero attached hydrogens (tertiary/aromatic N) is 2. The van der Waals surface area contributed by atoms with E-state index in [-0.39, 0.29) is 0 Å². The van der Waals surface area contributed by atoms with E-state index in [9.17, 15) is 0 Å². The smallest absolute Gasteiger partial charge is 0.163 e. The Kier molecular flexibility index (Phi) is 2.74. The third kappa shape index (κ3) is 2.24. The van der Waals surface area contributed by atoms with Gasteiger partial charge in [-0.1, -0.05) is 5.92 Å². The van der Waals surface area contributed by atoms with E-state index >= 15 is 0 Å². The second kappa shape index (κ2) is 3.81. The third-order valence-electron chi connectivity index (χ3n) is 1.72. The van der Waals surface area contributed by atoms with E-state index in [1.165, 1.54) is 0 Å². The Morgan fingerprint density at radius 2 is 2.29 bits per heavy atom. The summed E-state index contributed by atoms with van der Waals surface area (Å²) in [7, 11) is 0. The lowest BCUT2D eigenvalue weighted by atomic mass is 10.1. The highest BCUT2D eigenvalue weighted by Gasteiger charge is 2.15. The van der Waals surface area contributed by atoms with Crippen LogP contribution >= 0.6 is 0 Å². The molecular weight excluding hydrogens is 174 g/mol. The van der Waals surface area contributed by atoms with Crippen LogP contribution in [0.4, 0.5) is 5.69 Å². The lowest BCUT2D eigenvalue weighted by Crippen LogP contribution is -2.28. The summed E-state index contributed by atoms with van der Waals surface area (Å²) in [6.45, 7) is 3.72. The number of aromatic nitrogens is 1. The van der Waals surface area contributed by atoms with Gasteiger partial charge in [-0.25, -0.2) is 4.98 Å². The molecule has 0 atom stereocenters. The first kappa shape index (κ1) is 10.1. The molecule has 3 heteroatoms. The van der Waals surface area contributed by atoms with Gasteiger partial charge in [-0.2, -0.15) is 5.26 Å². The van der Waals surface area contributed by atoms with Crippen molar-refractivity contribution < 1.29 is 0 Å². The number of pyridine rings is 1. The van der Waals surface area contributed by atoms with Crippen LogP contribution in [0, 0.1) is 23.7 Å². The van der Waals surface area contributed by atoms with Gasteiger partial charge in [0.2, 0.25) is 0 Å². The number of rotatable bonds is 2. The third-order valence-corrected chi connectivity index (χ3v) is 1.72. The van der Waals surface area contributed by atoms with Crippen molar-refractivity contribution in [3.63, 3.8) is 0 Å². The largest absolute Gasteiger partial charge is 0.367 e. The summed E-state index contributed by atoms with van der Waals surface area (Å²) in [5.74, 6) is 2.59. The Balaban J connectivity index is 3.00. The lowest BCUT2D eigenvalue weighted by molar-refractivity contribution is 0.740. The van der Waals surface area contributed by atoms with Crippen LogP contribution in [0.25, 0.3) is 0 Å². The summed E-state index contributed by atoms with van der Waals surface area (Å²) < 4.78 is 0. The zero-order valence-electron chi connectivity index (χ0n) is 8.20. The number of hydrogen-bond acceptors (Lipinski definition) is 3. The molecule has 1 aromatic heterocycles. The number of nitriles is 1. The minimum Gasteiger partial charge on any atom is -0.367 e. The Hall–Kier alpha value is -2.00. The van der Waals surface area contributed by atoms with Gasteiger partial charge in [-0.05, 0) is 26.0 Å². The van der Waals surface area contributed by atoms with Gasteiger partial charge in [-0.15, -0.1) is 6.42 Å². The standard InChI is InChI=1S/C11H11N3/c1-4-11(2,3)14-9-6-5-7-13-10(9)8-12/h1,5-7,14H,2-3H3. The van der Waals surface area contributed by atoms with E-state index < -0.39 is 5.54 Å². The predicted octanol–water partition coefficient (Wildman–Crippen LogP) is 1.78. The fourth-order valence-corrected chi connectivity index (χ4v) is 0.968. The lowest BCUT2D eigenvalue weighted by Gasteiger charge is -2.21. The highest BCUT2D eigenvalue weighted by molar-refractivity contribution is 5.55. The Labute approximate surface area is 83.8 Å². The summed E-state index contributed by atoms with van der Waals surface area (Å²) >= 11 is 0. The van der Waals surface area contributed by atoms with Gasteiger partial charge >= 0.3 is 0 Å². The first-order chi connectivity index (χ1) is 6.59. The van der Waals surface area contributed by atoms with E-state index in [4.69, 9.17) is 11.7 Å². The predicted molar refractivity (Wildman–Crippen MR) is 55.5 cm³/mol. The van der Waals surface area contributed by atoms with Crippen molar-refractivity contribution in [3.8, 4) is 18.4 Å². The topological polar surface area (TPSA) is 48.7 Å². The van der Waals surface area contributed by atoms with Crippen LogP contribution in [0.1, 0.15) is 19.5 Å². The maximum Gasteiger partial charge on any atom is 0.163 e. The number of hydrogen-bond donors (Lipinski definition) is 1. The number of nitrogens with one attached hydrogen (secondary N) is 1. The van der Waals surface area contributed by atoms with Crippen LogP contribution in [-0.4, -0.2) is 10.5 Å².